The fourth-order valence-electron chi connectivity index (χ4n) is 2.88. The summed E-state index contributed by atoms with van der Waals surface area (Å²) in [7, 11) is 3.27. The summed E-state index contributed by atoms with van der Waals surface area (Å²) in [5.74, 6) is -0.496. The molecule has 2 aromatic rings. The van der Waals surface area contributed by atoms with Crippen molar-refractivity contribution in [2.45, 2.75) is 34.1 Å². The molecule has 1 saturated heterocycles. The molecular weight excluding hydrogens is 515 g/mol. The summed E-state index contributed by atoms with van der Waals surface area (Å²) in [5.41, 5.74) is 5.23. The molecular formula is C31H35FN2O4S. The van der Waals surface area contributed by atoms with Gasteiger partial charge in [0.25, 0.3) is 5.91 Å². The predicted molar refractivity (Wildman–Crippen MR) is 158 cm³/mol. The van der Waals surface area contributed by atoms with E-state index in [0.717, 1.165) is 5.57 Å². The van der Waals surface area contributed by atoms with Crippen molar-refractivity contribution >= 4 is 34.5 Å². The maximum Gasteiger partial charge on any atom is 0.307 e. The van der Waals surface area contributed by atoms with Gasteiger partial charge < -0.3 is 9.84 Å². The molecule has 0 saturated carbocycles. The third kappa shape index (κ3) is 11.9. The average Bonchev–Trinajstić information content (AvgIpc) is 3.20. The third-order valence-electron chi connectivity index (χ3n) is 4.88. The number of carbonyl (C=O) groups is 2. The summed E-state index contributed by atoms with van der Waals surface area (Å²) in [6.45, 7) is 7.76. The highest BCUT2D eigenvalue weighted by Gasteiger charge is 2.30. The van der Waals surface area contributed by atoms with Crippen molar-refractivity contribution in [1.82, 2.24) is 4.90 Å². The van der Waals surface area contributed by atoms with Crippen LogP contribution in [0.3, 0.4) is 0 Å². The van der Waals surface area contributed by atoms with Crippen LogP contribution in [0.2, 0.25) is 0 Å². The number of aliphatic carboxylic acids is 1. The topological polar surface area (TPSA) is 79.2 Å². The van der Waals surface area contributed by atoms with Crippen LogP contribution in [0.5, 0.6) is 0 Å². The molecule has 1 aliphatic rings. The van der Waals surface area contributed by atoms with Crippen LogP contribution in [0.1, 0.15) is 33.3 Å². The number of allylic oxidation sites excluding steroid dienone is 5. The van der Waals surface area contributed by atoms with Gasteiger partial charge in [0.05, 0.1) is 24.1 Å². The number of nitrogens with zero attached hydrogens (tertiary/aromatic N) is 2. The van der Waals surface area contributed by atoms with E-state index in [0.29, 0.717) is 27.1 Å². The minimum absolute atomic E-state index is 0.0368. The summed E-state index contributed by atoms with van der Waals surface area (Å²) >= 11 is 1.29. The van der Waals surface area contributed by atoms with E-state index < -0.39 is 5.97 Å². The first-order valence-corrected chi connectivity index (χ1v) is 13.2. The largest absolute Gasteiger partial charge is 0.496 e. The number of halogens is 1. The number of carbonyl (C=O) groups excluding carboxylic acids is 1. The van der Waals surface area contributed by atoms with Gasteiger partial charge in [-0.05, 0) is 79.2 Å². The van der Waals surface area contributed by atoms with Gasteiger partial charge in [0.1, 0.15) is 11.6 Å². The lowest BCUT2D eigenvalue weighted by Crippen LogP contribution is -2.23. The zero-order valence-corrected chi connectivity index (χ0v) is 24.0. The van der Waals surface area contributed by atoms with Crippen LogP contribution in [0.25, 0.3) is 0 Å². The number of likely N-dealkylation sites (N-methyl/N-ethyl adjacent to an activating group) is 1. The van der Waals surface area contributed by atoms with E-state index in [1.54, 1.807) is 74.9 Å². The Bertz CT molecular complexity index is 1270. The number of carboxylic acid groups (broad SMARTS) is 1. The molecule has 0 atom stereocenters. The number of ether oxygens (including phenoxy) is 1. The normalized spacial score (nSPS) is 15.1. The number of hydrogen-bond donors (Lipinski definition) is 1. The average molecular weight is 551 g/mol. The highest BCUT2D eigenvalue weighted by molar-refractivity contribution is 8.18. The van der Waals surface area contributed by atoms with Gasteiger partial charge in [-0.1, -0.05) is 50.3 Å². The molecule has 0 spiro atoms. The molecule has 0 bridgehead atoms. The second kappa shape index (κ2) is 18.2. The zero-order chi connectivity index (χ0) is 29.2. The van der Waals surface area contributed by atoms with Gasteiger partial charge in [0.2, 0.25) is 0 Å². The second-order valence-electron chi connectivity index (χ2n) is 7.54. The first-order valence-electron chi connectivity index (χ1n) is 12.3. The Balaban J connectivity index is 0.000000720. The van der Waals surface area contributed by atoms with Crippen LogP contribution in [-0.2, 0) is 20.7 Å². The molecule has 3 rings (SSSR count). The lowest BCUT2D eigenvalue weighted by molar-refractivity contribution is -0.136. The predicted octanol–water partition coefficient (Wildman–Crippen LogP) is 7.45. The summed E-state index contributed by atoms with van der Waals surface area (Å²) < 4.78 is 17.1. The Kier molecular flexibility index (Phi) is 15.3. The molecule has 0 aromatic heterocycles. The van der Waals surface area contributed by atoms with Crippen molar-refractivity contribution in [2.24, 2.45) is 4.99 Å². The molecule has 206 valence electrons. The molecule has 6 nitrogen and oxygen atoms in total. The maximum absolute atomic E-state index is 12.6. The molecule has 1 heterocycles. The molecule has 8 heteroatoms. The van der Waals surface area contributed by atoms with Crippen LogP contribution in [0.15, 0.2) is 112 Å². The number of hydrogen-bond acceptors (Lipinski definition) is 5. The molecule has 1 fully saturated rings. The molecule has 0 unspecified atom stereocenters. The highest BCUT2D eigenvalue weighted by atomic mass is 32.2. The van der Waals surface area contributed by atoms with Crippen molar-refractivity contribution in [3.63, 3.8) is 0 Å². The van der Waals surface area contributed by atoms with E-state index in [1.807, 2.05) is 39.8 Å². The van der Waals surface area contributed by atoms with Crippen LogP contribution >= 0.6 is 11.8 Å². The van der Waals surface area contributed by atoms with Gasteiger partial charge in [0.15, 0.2) is 5.17 Å². The number of amides is 1. The van der Waals surface area contributed by atoms with Gasteiger partial charge in [0, 0.05) is 13.1 Å². The van der Waals surface area contributed by atoms with Crippen LogP contribution in [0.4, 0.5) is 10.1 Å². The fraction of sp³-hybridized carbons (Fsp3) is 0.226. The molecule has 2 aromatic carbocycles. The third-order valence-corrected chi connectivity index (χ3v) is 5.94. The van der Waals surface area contributed by atoms with Gasteiger partial charge in [-0.3, -0.25) is 14.5 Å². The van der Waals surface area contributed by atoms with E-state index >= 15 is 0 Å². The lowest BCUT2D eigenvalue weighted by Gasteiger charge is -2.07. The van der Waals surface area contributed by atoms with E-state index in [1.165, 1.54) is 28.8 Å². The lowest BCUT2D eigenvalue weighted by atomic mass is 10.1. The number of aliphatic imine (C=N–C) groups is 1. The van der Waals surface area contributed by atoms with E-state index in [-0.39, 0.29) is 18.1 Å². The highest BCUT2D eigenvalue weighted by Crippen LogP contribution is 2.32. The number of carboxylic acids is 1. The minimum atomic E-state index is -0.881. The van der Waals surface area contributed by atoms with Gasteiger partial charge in [-0.2, -0.15) is 0 Å². The number of benzene rings is 2. The van der Waals surface area contributed by atoms with Crippen molar-refractivity contribution in [2.75, 3.05) is 14.2 Å². The summed E-state index contributed by atoms with van der Waals surface area (Å²) in [4.78, 5) is 30.0. The molecule has 1 amide bonds. The van der Waals surface area contributed by atoms with Crippen molar-refractivity contribution in [1.29, 1.82) is 0 Å². The quantitative estimate of drug-likeness (QED) is 0.168. The molecule has 1 N–H and O–H groups in total. The smallest absolute Gasteiger partial charge is 0.307 e. The van der Waals surface area contributed by atoms with Crippen molar-refractivity contribution < 1.29 is 23.8 Å². The fourth-order valence-corrected chi connectivity index (χ4v) is 3.87. The Morgan fingerprint density at radius 1 is 1.08 bits per heavy atom. The minimum Gasteiger partial charge on any atom is -0.496 e. The first kappa shape index (κ1) is 32.9. The Morgan fingerprint density at radius 2 is 1.72 bits per heavy atom. The van der Waals surface area contributed by atoms with Crippen LogP contribution in [-0.4, -0.2) is 41.2 Å². The van der Waals surface area contributed by atoms with E-state index in [9.17, 15) is 14.0 Å². The van der Waals surface area contributed by atoms with Crippen molar-refractivity contribution in [3.8, 4) is 0 Å². The number of methoxy groups -OCH3 is 1. The molecule has 0 radical (unpaired) electrons. The zero-order valence-electron chi connectivity index (χ0n) is 23.1. The van der Waals surface area contributed by atoms with E-state index in [2.05, 4.69) is 10.7 Å². The van der Waals surface area contributed by atoms with Crippen LogP contribution in [0, 0.1) is 5.82 Å². The number of amidine groups is 1. The van der Waals surface area contributed by atoms with Crippen LogP contribution < -0.4 is 0 Å². The van der Waals surface area contributed by atoms with E-state index in [4.69, 9.17) is 9.84 Å². The molecule has 1 aliphatic heterocycles. The summed E-state index contributed by atoms with van der Waals surface area (Å²) in [5, 5.41) is 9.41. The van der Waals surface area contributed by atoms with Gasteiger partial charge >= 0.3 is 5.97 Å². The molecule has 0 aliphatic carbocycles. The van der Waals surface area contributed by atoms with Gasteiger partial charge in [-0.15, -0.1) is 5.73 Å². The Labute approximate surface area is 234 Å². The monoisotopic (exact) mass is 550 g/mol. The Morgan fingerprint density at radius 3 is 2.21 bits per heavy atom. The van der Waals surface area contributed by atoms with Gasteiger partial charge in [-0.25, -0.2) is 9.38 Å². The number of rotatable bonds is 7. The maximum atomic E-state index is 12.6. The Hall–Kier alpha value is -4.13. The molecule has 39 heavy (non-hydrogen) atoms. The SMILES string of the molecule is C/C=C(C=C=C/C(=C\C)OC)/C=C1\SC(=Nc2ccc(CC(=O)O)cc2)N(C)C1=O.CC.Fc1ccccc1. The number of thioether (sulfide) groups is 1. The first-order chi connectivity index (χ1) is 18.8. The summed E-state index contributed by atoms with van der Waals surface area (Å²) in [6, 6.07) is 14.9. The second-order valence-corrected chi connectivity index (χ2v) is 8.55. The summed E-state index contributed by atoms with van der Waals surface area (Å²) in [6.07, 6.45) is 8.98. The standard InChI is InChI=1S/C23H24N2O4S.C6H5F.C2H6/c1-5-16(8-7-9-19(6-2)29-4)14-20-22(28)25(3)23(30-20)24-18-12-10-17(11-13-18)15-21(26)27;7-6-4-2-1-3-5-6;1-2/h5-6,8-14H,15H2,1-4H3,(H,26,27);1-5H;1-2H3/b16-5+,19-6+,20-14-,24-23?;;. The van der Waals surface area contributed by atoms with Crippen molar-refractivity contribution in [3.05, 3.63) is 118 Å².